The summed E-state index contributed by atoms with van der Waals surface area (Å²) in [5.41, 5.74) is 0. The van der Waals surface area contributed by atoms with Gasteiger partial charge in [0.15, 0.2) is 0 Å². The Labute approximate surface area is 97.9 Å². The van der Waals surface area contributed by atoms with Gasteiger partial charge in [-0.3, -0.25) is 0 Å². The zero-order valence-electron chi connectivity index (χ0n) is 2.76. The fourth-order valence-corrected chi connectivity index (χ4v) is 0. The van der Waals surface area contributed by atoms with Crippen molar-refractivity contribution >= 4 is 0 Å². The number of hydrogen-bond donors (Lipinski definition) is 0. The molecule has 0 radical (unpaired) electrons. The molecular weight excluding hydrogens is 253 g/mol. The first-order valence-electron chi connectivity index (χ1n) is 0. The minimum Gasteiger partial charge on any atom is -1.00 e. The molecule has 0 aromatic rings. The van der Waals surface area contributed by atoms with Gasteiger partial charge in [0, 0.05) is 0 Å². The van der Waals surface area contributed by atoms with E-state index in [1.807, 2.05) is 0 Å². The molecule has 0 aromatic carbocycles. The van der Waals surface area contributed by atoms with Gasteiger partial charge in [0.05, 0.1) is 0 Å². The Kier molecular flexibility index (Phi) is 110. The van der Waals surface area contributed by atoms with Gasteiger partial charge in [0.2, 0.25) is 0 Å². The van der Waals surface area contributed by atoms with Gasteiger partial charge >= 0.3 is 59.1 Å². The van der Waals surface area contributed by atoms with E-state index >= 15 is 0 Å². The van der Waals surface area contributed by atoms with Gasteiger partial charge in [0.1, 0.15) is 0 Å². The van der Waals surface area contributed by atoms with Crippen LogP contribution in [0.3, 0.4) is 0 Å². The van der Waals surface area contributed by atoms with Gasteiger partial charge in [-0.15, -0.1) is 0 Å². The van der Waals surface area contributed by atoms with E-state index in [2.05, 4.69) is 0 Å². The minimum atomic E-state index is 0. The van der Waals surface area contributed by atoms with Crippen LogP contribution >= 0.6 is 0 Å². The summed E-state index contributed by atoms with van der Waals surface area (Å²) in [7, 11) is 0. The average Bonchev–Trinajstić information content (AvgIpc) is 0. The molecule has 0 aliphatic heterocycles. The largest absolute Gasteiger partial charge is 1.00 e. The summed E-state index contributed by atoms with van der Waals surface area (Å²) in [6.45, 7) is 0. The molecule has 0 nitrogen and oxygen atoms in total. The Hall–Kier alpha value is 3.21. The molecule has 4 heavy (non-hydrogen) atoms. The van der Waals surface area contributed by atoms with Crippen molar-refractivity contribution < 1.29 is 100 Å². The van der Waals surface area contributed by atoms with Crippen LogP contribution in [0.2, 0.25) is 0 Å². The normalized spacial score (nSPS) is 0. The summed E-state index contributed by atoms with van der Waals surface area (Å²) in [5, 5.41) is 0. The van der Waals surface area contributed by atoms with Gasteiger partial charge in [-0.2, -0.15) is 0 Å². The van der Waals surface area contributed by atoms with Crippen LogP contribution in [-0.2, 0) is 0 Å². The molecule has 0 bridgehead atoms. The van der Waals surface area contributed by atoms with E-state index in [1.54, 1.807) is 0 Å². The number of hydrogen-bond acceptors (Lipinski definition) is 0. The van der Waals surface area contributed by atoms with Crippen molar-refractivity contribution in [2.75, 3.05) is 0 Å². The van der Waals surface area contributed by atoms with Crippen LogP contribution in [0.5, 0.6) is 0 Å². The van der Waals surface area contributed by atoms with Crippen molar-refractivity contribution in [3.8, 4) is 0 Å². The monoisotopic (exact) mass is 252 g/mol. The van der Waals surface area contributed by atoms with Gasteiger partial charge in [-0.25, -0.2) is 0 Å². The molecule has 0 unspecified atom stereocenters. The van der Waals surface area contributed by atoms with E-state index in [1.165, 1.54) is 0 Å². The Morgan fingerprint density at radius 3 is 0.750 bits per heavy atom. The van der Waals surface area contributed by atoms with Crippen molar-refractivity contribution in [2.45, 2.75) is 0 Å². The standard InChI is InChI=1S/BrH.HI.2Na/h2*1H;;/q;;2*+1/p-2. The molecule has 16 valence electrons. The number of rotatable bonds is 0. The first-order chi connectivity index (χ1) is 0. The first-order valence-corrected chi connectivity index (χ1v) is 0. The van der Waals surface area contributed by atoms with Crippen LogP contribution in [-0.4, -0.2) is 0 Å². The van der Waals surface area contributed by atoms with E-state index in [0.717, 1.165) is 0 Å². The van der Waals surface area contributed by atoms with Crippen LogP contribution in [0.1, 0.15) is 0 Å². The molecule has 4 heteroatoms. The summed E-state index contributed by atoms with van der Waals surface area (Å²) < 4.78 is 0. The third kappa shape index (κ3) is 8.96. The van der Waals surface area contributed by atoms with Gasteiger partial charge in [-0.05, 0) is 0 Å². The molecule has 0 amide bonds. The van der Waals surface area contributed by atoms with Crippen molar-refractivity contribution in [1.29, 1.82) is 0 Å². The van der Waals surface area contributed by atoms with Crippen LogP contribution in [0.25, 0.3) is 0 Å². The quantitative estimate of drug-likeness (QED) is 0.297. The third-order valence-electron chi connectivity index (χ3n) is 0. The molecule has 0 N–H and O–H groups in total. The number of halogens is 2. The second kappa shape index (κ2) is 16.4. The van der Waals surface area contributed by atoms with Crippen LogP contribution in [0, 0.1) is 0 Å². The Balaban J connectivity index is 0. The minimum absolute atomic E-state index is 0. The predicted molar refractivity (Wildman–Crippen MR) is 0 cm³/mol. The summed E-state index contributed by atoms with van der Waals surface area (Å²) in [4.78, 5) is 0. The zero-order valence-corrected chi connectivity index (χ0v) is 10.5. The molecule has 0 fully saturated rings. The van der Waals surface area contributed by atoms with Crippen molar-refractivity contribution in [3.63, 3.8) is 0 Å². The second-order valence-electron chi connectivity index (χ2n) is 0. The molecule has 0 saturated carbocycles. The Morgan fingerprint density at radius 2 is 0.750 bits per heavy atom. The van der Waals surface area contributed by atoms with Crippen LogP contribution in [0.4, 0.5) is 0 Å². The van der Waals surface area contributed by atoms with Crippen molar-refractivity contribution in [2.24, 2.45) is 0 Å². The fraction of sp³-hybridized carbons (Fsp3) is 0. The van der Waals surface area contributed by atoms with Crippen molar-refractivity contribution in [3.05, 3.63) is 0 Å². The summed E-state index contributed by atoms with van der Waals surface area (Å²) >= 11 is 0. The third-order valence-corrected chi connectivity index (χ3v) is 0. The van der Waals surface area contributed by atoms with E-state index in [-0.39, 0.29) is 100 Å². The second-order valence-corrected chi connectivity index (χ2v) is 0. The molecule has 0 heterocycles. The Bertz CT molecular complexity index is 6.00. The molecule has 0 atom stereocenters. The van der Waals surface area contributed by atoms with Crippen molar-refractivity contribution in [1.82, 2.24) is 0 Å². The summed E-state index contributed by atoms with van der Waals surface area (Å²) in [5.74, 6) is 0. The van der Waals surface area contributed by atoms with Gasteiger partial charge in [-0.1, -0.05) is 0 Å². The predicted octanol–water partition coefficient (Wildman–Crippen LogP) is -12.0. The zero-order chi connectivity index (χ0) is 0. The molecular formula is BrINa2. The molecule has 0 spiro atoms. The molecule has 0 rings (SSSR count). The molecule has 0 aromatic heterocycles. The smallest absolute Gasteiger partial charge is 1.00 e. The summed E-state index contributed by atoms with van der Waals surface area (Å²) in [6, 6.07) is 0. The molecule has 0 saturated heterocycles. The van der Waals surface area contributed by atoms with E-state index in [4.69, 9.17) is 0 Å². The molecule has 0 aliphatic carbocycles. The SMILES string of the molecule is [Br-].[I-].[Na+].[Na+]. The maximum Gasteiger partial charge on any atom is 1.00 e. The topological polar surface area (TPSA) is 0 Å². The van der Waals surface area contributed by atoms with E-state index in [9.17, 15) is 0 Å². The van der Waals surface area contributed by atoms with Gasteiger partial charge in [0.25, 0.3) is 0 Å². The maximum atomic E-state index is 0. The average molecular weight is 253 g/mol. The van der Waals surface area contributed by atoms with Crippen LogP contribution < -0.4 is 100 Å². The van der Waals surface area contributed by atoms with Gasteiger partial charge < -0.3 is 41.0 Å². The summed E-state index contributed by atoms with van der Waals surface area (Å²) in [6.07, 6.45) is 0. The van der Waals surface area contributed by atoms with E-state index < -0.39 is 0 Å². The van der Waals surface area contributed by atoms with E-state index in [0.29, 0.717) is 0 Å². The maximum absolute atomic E-state index is 0. The first kappa shape index (κ1) is 27.0. The van der Waals surface area contributed by atoms with Crippen LogP contribution in [0.15, 0.2) is 0 Å². The fourth-order valence-electron chi connectivity index (χ4n) is 0. The Morgan fingerprint density at radius 1 is 0.750 bits per heavy atom. The molecule has 0 aliphatic rings.